The fourth-order valence-corrected chi connectivity index (χ4v) is 2.70. The number of rotatable bonds is 4. The number of aromatic nitrogens is 2. The number of nitrogens with one attached hydrogen (secondary N) is 1. The summed E-state index contributed by atoms with van der Waals surface area (Å²) in [6.07, 6.45) is 6.94. The van der Waals surface area contributed by atoms with E-state index in [1.807, 2.05) is 28.1 Å². The van der Waals surface area contributed by atoms with Crippen LogP contribution in [0.5, 0.6) is 0 Å². The predicted octanol–water partition coefficient (Wildman–Crippen LogP) is 3.38. The van der Waals surface area contributed by atoms with Crippen LogP contribution in [0.4, 0.5) is 0 Å². The SMILES string of the molecule is O=C(/C=C/c1cnc2sccn12)NCc1ccc(Cl)cc1. The van der Waals surface area contributed by atoms with Crippen LogP contribution >= 0.6 is 22.9 Å². The highest BCUT2D eigenvalue weighted by atomic mass is 35.5. The summed E-state index contributed by atoms with van der Waals surface area (Å²) >= 11 is 7.37. The molecule has 1 aromatic carbocycles. The van der Waals surface area contributed by atoms with Crippen molar-refractivity contribution in [3.63, 3.8) is 0 Å². The first-order chi connectivity index (χ1) is 10.2. The van der Waals surface area contributed by atoms with Gasteiger partial charge in [-0.25, -0.2) is 4.98 Å². The minimum absolute atomic E-state index is 0.143. The molecule has 0 aliphatic heterocycles. The first kappa shape index (κ1) is 13.9. The van der Waals surface area contributed by atoms with Crippen molar-refractivity contribution in [1.29, 1.82) is 0 Å². The molecule has 0 atom stereocenters. The Morgan fingerprint density at radius 3 is 3.00 bits per heavy atom. The summed E-state index contributed by atoms with van der Waals surface area (Å²) in [5.41, 5.74) is 1.89. The minimum Gasteiger partial charge on any atom is -0.348 e. The van der Waals surface area contributed by atoms with Crippen molar-refractivity contribution in [2.24, 2.45) is 0 Å². The highest BCUT2D eigenvalue weighted by Gasteiger charge is 2.01. The average molecular weight is 318 g/mol. The lowest BCUT2D eigenvalue weighted by atomic mass is 10.2. The lowest BCUT2D eigenvalue weighted by Gasteiger charge is -2.02. The van der Waals surface area contributed by atoms with Gasteiger partial charge in [0.15, 0.2) is 4.96 Å². The van der Waals surface area contributed by atoms with Crippen LogP contribution in [0, 0.1) is 0 Å². The summed E-state index contributed by atoms with van der Waals surface area (Å²) < 4.78 is 1.94. The van der Waals surface area contributed by atoms with E-state index in [2.05, 4.69) is 10.3 Å². The molecule has 0 bridgehead atoms. The lowest BCUT2D eigenvalue weighted by molar-refractivity contribution is -0.116. The molecule has 0 saturated heterocycles. The number of amides is 1. The molecule has 0 fully saturated rings. The normalized spacial score (nSPS) is 11.3. The Labute approximate surface area is 130 Å². The second-order valence-electron chi connectivity index (χ2n) is 4.42. The van der Waals surface area contributed by atoms with Gasteiger partial charge in [0.2, 0.25) is 5.91 Å². The summed E-state index contributed by atoms with van der Waals surface area (Å²) in [5.74, 6) is -0.143. The van der Waals surface area contributed by atoms with Crippen molar-refractivity contribution < 1.29 is 4.79 Å². The van der Waals surface area contributed by atoms with Gasteiger partial charge < -0.3 is 5.32 Å². The smallest absolute Gasteiger partial charge is 0.244 e. The number of hydrogen-bond acceptors (Lipinski definition) is 3. The number of benzene rings is 1. The van der Waals surface area contributed by atoms with Gasteiger partial charge in [-0.2, -0.15) is 0 Å². The molecule has 0 aliphatic carbocycles. The van der Waals surface area contributed by atoms with Crippen LogP contribution < -0.4 is 5.32 Å². The van der Waals surface area contributed by atoms with Gasteiger partial charge in [0.1, 0.15) is 0 Å². The number of carbonyl (C=O) groups is 1. The van der Waals surface area contributed by atoms with E-state index < -0.39 is 0 Å². The van der Waals surface area contributed by atoms with Crippen LogP contribution in [0.3, 0.4) is 0 Å². The zero-order valence-corrected chi connectivity index (χ0v) is 12.6. The molecule has 0 aliphatic rings. The first-order valence-electron chi connectivity index (χ1n) is 6.33. The predicted molar refractivity (Wildman–Crippen MR) is 85.4 cm³/mol. The van der Waals surface area contributed by atoms with E-state index in [1.54, 1.807) is 35.7 Å². The van der Waals surface area contributed by atoms with Gasteiger partial charge in [-0.3, -0.25) is 9.20 Å². The van der Waals surface area contributed by atoms with Gasteiger partial charge in [0.05, 0.1) is 11.9 Å². The first-order valence-corrected chi connectivity index (χ1v) is 7.59. The fraction of sp³-hybridized carbons (Fsp3) is 0.0667. The van der Waals surface area contributed by atoms with Crippen LogP contribution in [-0.4, -0.2) is 15.3 Å². The third kappa shape index (κ3) is 3.32. The number of carbonyl (C=O) groups excluding carboxylic acids is 1. The molecule has 3 rings (SSSR count). The largest absolute Gasteiger partial charge is 0.348 e. The summed E-state index contributed by atoms with van der Waals surface area (Å²) in [6, 6.07) is 7.38. The molecule has 0 spiro atoms. The number of thiazole rings is 1. The van der Waals surface area contributed by atoms with Crippen molar-refractivity contribution in [3.8, 4) is 0 Å². The van der Waals surface area contributed by atoms with E-state index in [0.29, 0.717) is 11.6 Å². The molecule has 2 heterocycles. The fourth-order valence-electron chi connectivity index (χ4n) is 1.88. The Hall–Kier alpha value is -2.11. The van der Waals surface area contributed by atoms with Crippen LogP contribution in [0.1, 0.15) is 11.3 Å². The minimum atomic E-state index is -0.143. The van der Waals surface area contributed by atoms with Crippen LogP contribution in [0.15, 0.2) is 48.1 Å². The zero-order chi connectivity index (χ0) is 14.7. The highest BCUT2D eigenvalue weighted by Crippen LogP contribution is 2.13. The third-order valence-electron chi connectivity index (χ3n) is 2.96. The molecule has 2 aromatic heterocycles. The van der Waals surface area contributed by atoms with Gasteiger partial charge in [0.25, 0.3) is 0 Å². The molecule has 4 nitrogen and oxygen atoms in total. The maximum absolute atomic E-state index is 11.8. The lowest BCUT2D eigenvalue weighted by Crippen LogP contribution is -2.20. The van der Waals surface area contributed by atoms with Crippen molar-refractivity contribution in [3.05, 3.63) is 64.4 Å². The van der Waals surface area contributed by atoms with Crippen LogP contribution in [0.2, 0.25) is 5.02 Å². The monoisotopic (exact) mass is 317 g/mol. The topological polar surface area (TPSA) is 46.4 Å². The van der Waals surface area contributed by atoms with Crippen LogP contribution in [0.25, 0.3) is 11.0 Å². The van der Waals surface area contributed by atoms with Crippen molar-refractivity contribution in [2.75, 3.05) is 0 Å². The standard InChI is InChI=1S/C15H12ClN3OS/c16-12-3-1-11(2-4-12)9-17-14(20)6-5-13-10-18-15-19(13)7-8-21-15/h1-8,10H,9H2,(H,17,20)/b6-5+. The van der Waals surface area contributed by atoms with E-state index in [9.17, 15) is 4.79 Å². The number of nitrogens with zero attached hydrogens (tertiary/aromatic N) is 2. The van der Waals surface area contributed by atoms with Gasteiger partial charge in [-0.05, 0) is 23.8 Å². The molecule has 1 N–H and O–H groups in total. The van der Waals surface area contributed by atoms with Crippen molar-refractivity contribution in [1.82, 2.24) is 14.7 Å². The summed E-state index contributed by atoms with van der Waals surface area (Å²) in [5, 5.41) is 5.47. The van der Waals surface area contributed by atoms with Gasteiger partial charge >= 0.3 is 0 Å². The maximum Gasteiger partial charge on any atom is 0.244 e. The molecule has 0 radical (unpaired) electrons. The van der Waals surface area contributed by atoms with E-state index in [4.69, 9.17) is 11.6 Å². The molecular weight excluding hydrogens is 306 g/mol. The van der Waals surface area contributed by atoms with Crippen molar-refractivity contribution in [2.45, 2.75) is 6.54 Å². The van der Waals surface area contributed by atoms with Crippen molar-refractivity contribution >= 4 is 39.9 Å². The molecule has 6 heteroatoms. The number of imidazole rings is 1. The molecular formula is C15H12ClN3OS. The number of halogens is 1. The Kier molecular flexibility index (Phi) is 4.03. The zero-order valence-electron chi connectivity index (χ0n) is 11.0. The van der Waals surface area contributed by atoms with Gasteiger partial charge in [-0.15, -0.1) is 11.3 Å². The molecule has 0 saturated carbocycles. The Morgan fingerprint density at radius 2 is 2.19 bits per heavy atom. The van der Waals surface area contributed by atoms with E-state index >= 15 is 0 Å². The maximum atomic E-state index is 11.8. The summed E-state index contributed by atoms with van der Waals surface area (Å²) in [4.78, 5) is 17.0. The Balaban J connectivity index is 1.60. The Bertz CT molecular complexity index is 789. The quantitative estimate of drug-likeness (QED) is 0.750. The second-order valence-corrected chi connectivity index (χ2v) is 5.73. The average Bonchev–Trinajstić information content (AvgIpc) is 3.08. The highest BCUT2D eigenvalue weighted by molar-refractivity contribution is 7.15. The van der Waals surface area contributed by atoms with E-state index in [1.165, 1.54) is 6.08 Å². The second kappa shape index (κ2) is 6.11. The van der Waals surface area contributed by atoms with E-state index in [-0.39, 0.29) is 5.91 Å². The molecule has 3 aromatic rings. The number of fused-ring (bicyclic) bond motifs is 1. The van der Waals surface area contributed by atoms with E-state index in [0.717, 1.165) is 16.2 Å². The number of hydrogen-bond donors (Lipinski definition) is 1. The third-order valence-corrected chi connectivity index (χ3v) is 3.98. The summed E-state index contributed by atoms with van der Waals surface area (Å²) in [6.45, 7) is 0.473. The van der Waals surface area contributed by atoms with Crippen LogP contribution in [-0.2, 0) is 11.3 Å². The Morgan fingerprint density at radius 1 is 1.38 bits per heavy atom. The molecule has 21 heavy (non-hydrogen) atoms. The summed E-state index contributed by atoms with van der Waals surface area (Å²) in [7, 11) is 0. The molecule has 106 valence electrons. The van der Waals surface area contributed by atoms with Gasteiger partial charge in [0, 0.05) is 29.2 Å². The van der Waals surface area contributed by atoms with Gasteiger partial charge in [-0.1, -0.05) is 23.7 Å². The molecule has 1 amide bonds. The molecule has 0 unspecified atom stereocenters.